The molecule has 3 aromatic carbocycles. The van der Waals surface area contributed by atoms with Gasteiger partial charge in [0.15, 0.2) is 0 Å². The van der Waals surface area contributed by atoms with Crippen molar-refractivity contribution in [1.29, 1.82) is 0 Å². The summed E-state index contributed by atoms with van der Waals surface area (Å²) in [4.78, 5) is 24.3. The van der Waals surface area contributed by atoms with Crippen LogP contribution in [0.1, 0.15) is 53.4 Å². The largest absolute Gasteiger partial charge is 0.480 e. The number of benzene rings is 3. The van der Waals surface area contributed by atoms with Crippen molar-refractivity contribution in [2.45, 2.75) is 43.6 Å². The van der Waals surface area contributed by atoms with Crippen molar-refractivity contribution >= 4 is 12.1 Å². The van der Waals surface area contributed by atoms with Gasteiger partial charge >= 0.3 is 12.1 Å². The molecule has 1 unspecified atom stereocenters. The van der Waals surface area contributed by atoms with E-state index >= 15 is 0 Å². The molecule has 33 heavy (non-hydrogen) atoms. The number of hydrogen-bond acceptors (Lipinski definition) is 3. The van der Waals surface area contributed by atoms with Crippen molar-refractivity contribution in [3.63, 3.8) is 0 Å². The van der Waals surface area contributed by atoms with Gasteiger partial charge in [0.2, 0.25) is 0 Å². The Bertz CT molecular complexity index is 1140. The van der Waals surface area contributed by atoms with E-state index in [4.69, 9.17) is 4.74 Å². The quantitative estimate of drug-likeness (QED) is 0.485. The lowest BCUT2D eigenvalue weighted by atomic mass is 9.98. The number of aliphatic carboxylic acids is 1. The van der Waals surface area contributed by atoms with Crippen LogP contribution in [0.3, 0.4) is 0 Å². The first-order chi connectivity index (χ1) is 16.1. The molecule has 1 saturated carbocycles. The Morgan fingerprint density at radius 1 is 0.939 bits per heavy atom. The van der Waals surface area contributed by atoms with E-state index in [0.717, 1.165) is 27.8 Å². The van der Waals surface area contributed by atoms with Crippen LogP contribution >= 0.6 is 0 Å². The highest BCUT2D eigenvalue weighted by molar-refractivity contribution is 5.81. The number of fused-ring (bicyclic) bond motifs is 3. The highest BCUT2D eigenvalue weighted by Crippen LogP contribution is 2.44. The van der Waals surface area contributed by atoms with Crippen LogP contribution in [0.25, 0.3) is 11.1 Å². The maximum absolute atomic E-state index is 12.5. The smallest absolute Gasteiger partial charge is 0.407 e. The molecule has 168 valence electrons. The number of carbonyl (C=O) groups is 2. The zero-order valence-electron chi connectivity index (χ0n) is 18.4. The van der Waals surface area contributed by atoms with Gasteiger partial charge in [0.1, 0.15) is 12.6 Å². The van der Waals surface area contributed by atoms with Crippen molar-refractivity contribution in [3.05, 3.63) is 95.1 Å². The topological polar surface area (TPSA) is 75.6 Å². The Kier molecular flexibility index (Phi) is 5.86. The van der Waals surface area contributed by atoms with Gasteiger partial charge in [-0.3, -0.25) is 0 Å². The number of ether oxygens (including phenoxy) is 1. The number of carboxylic acids is 1. The van der Waals surface area contributed by atoms with Gasteiger partial charge in [0.25, 0.3) is 0 Å². The van der Waals surface area contributed by atoms with Gasteiger partial charge in [0, 0.05) is 5.92 Å². The molecule has 0 spiro atoms. The Hall–Kier alpha value is -3.60. The van der Waals surface area contributed by atoms with Crippen molar-refractivity contribution in [2.75, 3.05) is 6.61 Å². The molecule has 2 aliphatic rings. The molecule has 5 heteroatoms. The lowest BCUT2D eigenvalue weighted by molar-refractivity contribution is -0.139. The summed E-state index contributed by atoms with van der Waals surface area (Å²) < 4.78 is 5.52. The molecule has 0 aromatic heterocycles. The normalized spacial score (nSPS) is 15.4. The summed E-state index contributed by atoms with van der Waals surface area (Å²) >= 11 is 0. The monoisotopic (exact) mass is 441 g/mol. The van der Waals surface area contributed by atoms with Crippen LogP contribution in [0, 0.1) is 0 Å². The van der Waals surface area contributed by atoms with E-state index in [2.05, 4.69) is 41.7 Å². The third-order valence-corrected chi connectivity index (χ3v) is 6.66. The highest BCUT2D eigenvalue weighted by atomic mass is 16.5. The Morgan fingerprint density at radius 2 is 1.61 bits per heavy atom. The lowest BCUT2D eigenvalue weighted by Crippen LogP contribution is -2.41. The average molecular weight is 442 g/mol. The Morgan fingerprint density at radius 3 is 2.24 bits per heavy atom. The van der Waals surface area contributed by atoms with Crippen LogP contribution < -0.4 is 5.32 Å². The number of carbonyl (C=O) groups excluding carboxylic acids is 1. The number of hydrogen-bond donors (Lipinski definition) is 2. The first-order valence-electron chi connectivity index (χ1n) is 11.5. The molecule has 2 N–H and O–H groups in total. The second-order valence-corrected chi connectivity index (χ2v) is 8.92. The second kappa shape index (κ2) is 9.10. The van der Waals surface area contributed by atoms with Crippen LogP contribution in [0.15, 0.2) is 72.8 Å². The summed E-state index contributed by atoms with van der Waals surface area (Å²) in [5, 5.41) is 12.2. The molecule has 0 radical (unpaired) electrons. The molecular formula is C28H27NO4. The fourth-order valence-electron chi connectivity index (χ4n) is 4.77. The summed E-state index contributed by atoms with van der Waals surface area (Å²) in [6.45, 7) is 0.162. The van der Waals surface area contributed by atoms with Gasteiger partial charge in [0.05, 0.1) is 0 Å². The number of rotatable bonds is 8. The van der Waals surface area contributed by atoms with E-state index in [0.29, 0.717) is 18.8 Å². The van der Waals surface area contributed by atoms with Crippen LogP contribution in [0.2, 0.25) is 0 Å². The molecule has 1 fully saturated rings. The van der Waals surface area contributed by atoms with E-state index in [9.17, 15) is 14.7 Å². The molecule has 0 heterocycles. The van der Waals surface area contributed by atoms with Gasteiger partial charge in [-0.05, 0) is 65.0 Å². The van der Waals surface area contributed by atoms with Crippen LogP contribution in [-0.4, -0.2) is 29.8 Å². The van der Waals surface area contributed by atoms with Crippen LogP contribution in [0.5, 0.6) is 0 Å². The summed E-state index contributed by atoms with van der Waals surface area (Å²) in [5.74, 6) is -0.461. The highest BCUT2D eigenvalue weighted by Gasteiger charge is 2.30. The molecular weight excluding hydrogens is 414 g/mol. The van der Waals surface area contributed by atoms with Gasteiger partial charge in [-0.15, -0.1) is 0 Å². The van der Waals surface area contributed by atoms with E-state index in [1.165, 1.54) is 18.4 Å². The van der Waals surface area contributed by atoms with Gasteiger partial charge < -0.3 is 15.2 Å². The minimum atomic E-state index is -1.05. The Labute approximate surface area is 193 Å². The van der Waals surface area contributed by atoms with E-state index in [-0.39, 0.29) is 12.5 Å². The molecule has 1 atom stereocenters. The molecule has 0 saturated heterocycles. The summed E-state index contributed by atoms with van der Waals surface area (Å²) in [5.41, 5.74) is 6.97. The standard InChI is InChI=1S/C28H27NO4/c30-27(31)26(15-12-18-6-5-7-20(16-18)19-13-14-19)29-28(32)33-17-25-23-10-3-1-8-21(23)22-9-2-4-11-24(22)25/h1-11,16,19,25-26H,12-15,17H2,(H,29,32)(H,30,31). The maximum atomic E-state index is 12.5. The maximum Gasteiger partial charge on any atom is 0.407 e. The number of carboxylic acid groups (broad SMARTS) is 1. The van der Waals surface area contributed by atoms with Crippen molar-refractivity contribution in [2.24, 2.45) is 0 Å². The minimum absolute atomic E-state index is 0.0587. The number of amides is 1. The summed E-state index contributed by atoms with van der Waals surface area (Å²) in [7, 11) is 0. The van der Waals surface area contributed by atoms with Gasteiger partial charge in [-0.25, -0.2) is 9.59 Å². The first-order valence-corrected chi connectivity index (χ1v) is 11.5. The van der Waals surface area contributed by atoms with Crippen LogP contribution in [0.4, 0.5) is 4.79 Å². The summed E-state index contributed by atoms with van der Waals surface area (Å²) in [6.07, 6.45) is 2.65. The molecule has 3 aromatic rings. The second-order valence-electron chi connectivity index (χ2n) is 8.92. The third-order valence-electron chi connectivity index (χ3n) is 6.66. The van der Waals surface area contributed by atoms with Crippen molar-refractivity contribution < 1.29 is 19.4 Å². The average Bonchev–Trinajstić information content (AvgIpc) is 3.64. The SMILES string of the molecule is O=C(NC(CCc1cccc(C2CC2)c1)C(=O)O)OCC1c2ccccc2-c2ccccc21. The van der Waals surface area contributed by atoms with E-state index < -0.39 is 18.1 Å². The zero-order valence-corrected chi connectivity index (χ0v) is 18.4. The summed E-state index contributed by atoms with van der Waals surface area (Å²) in [6, 6.07) is 23.6. The molecule has 5 nitrogen and oxygen atoms in total. The number of alkyl carbamates (subject to hydrolysis) is 1. The van der Waals surface area contributed by atoms with E-state index in [1.54, 1.807) is 0 Å². The molecule has 1 amide bonds. The molecule has 2 aliphatic carbocycles. The molecule has 5 rings (SSSR count). The van der Waals surface area contributed by atoms with E-state index in [1.807, 2.05) is 36.4 Å². The number of aryl methyl sites for hydroxylation is 1. The fraction of sp³-hybridized carbons (Fsp3) is 0.286. The zero-order chi connectivity index (χ0) is 22.8. The van der Waals surface area contributed by atoms with Crippen molar-refractivity contribution in [3.8, 4) is 11.1 Å². The van der Waals surface area contributed by atoms with Gasteiger partial charge in [-0.2, -0.15) is 0 Å². The predicted octanol–water partition coefficient (Wildman–Crippen LogP) is 5.49. The van der Waals surface area contributed by atoms with Gasteiger partial charge in [-0.1, -0.05) is 72.8 Å². The fourth-order valence-corrected chi connectivity index (χ4v) is 4.77. The molecule has 0 bridgehead atoms. The lowest BCUT2D eigenvalue weighted by Gasteiger charge is -2.17. The van der Waals surface area contributed by atoms with Crippen molar-refractivity contribution in [1.82, 2.24) is 5.32 Å². The number of nitrogens with one attached hydrogen (secondary N) is 1. The molecule has 0 aliphatic heterocycles. The predicted molar refractivity (Wildman–Crippen MR) is 126 cm³/mol. The first kappa shape index (κ1) is 21.3. The Balaban J connectivity index is 1.20. The van der Waals surface area contributed by atoms with Crippen LogP contribution in [-0.2, 0) is 16.0 Å². The third kappa shape index (κ3) is 4.63. The minimum Gasteiger partial charge on any atom is -0.480 e.